The number of anilines is 1. The molecule has 0 unspecified atom stereocenters. The molecule has 0 spiro atoms. The predicted molar refractivity (Wildman–Crippen MR) is 130 cm³/mol. The topological polar surface area (TPSA) is 49.3 Å². The Kier molecular flexibility index (Phi) is 9.47. The molecule has 2 heterocycles. The van der Waals surface area contributed by atoms with E-state index in [9.17, 15) is 4.79 Å². The highest BCUT2D eigenvalue weighted by Gasteiger charge is 2.23. The first kappa shape index (κ1) is 23.9. The van der Waals surface area contributed by atoms with Crippen LogP contribution in [-0.2, 0) is 11.2 Å². The van der Waals surface area contributed by atoms with E-state index in [1.807, 2.05) is 11.0 Å². The summed E-state index contributed by atoms with van der Waals surface area (Å²) >= 11 is 7.64. The zero-order valence-corrected chi connectivity index (χ0v) is 20.2. The highest BCUT2D eigenvalue weighted by atomic mass is 35.5. The first-order chi connectivity index (χ1) is 15.1. The molecule has 3 rings (SSSR count). The highest BCUT2D eigenvalue weighted by molar-refractivity contribution is 7.99. The van der Waals surface area contributed by atoms with E-state index in [2.05, 4.69) is 59.0 Å². The highest BCUT2D eigenvalue weighted by Crippen LogP contribution is 2.25. The summed E-state index contributed by atoms with van der Waals surface area (Å²) in [7, 11) is 0. The maximum absolute atomic E-state index is 12.8. The van der Waals surface area contributed by atoms with Gasteiger partial charge < -0.3 is 9.80 Å². The lowest BCUT2D eigenvalue weighted by atomic mass is 9.90. The molecule has 168 valence electrons. The van der Waals surface area contributed by atoms with Gasteiger partial charge in [-0.2, -0.15) is 0 Å². The second-order valence-electron chi connectivity index (χ2n) is 8.12. The number of benzene rings is 1. The number of halogens is 1. The van der Waals surface area contributed by atoms with Crippen LogP contribution in [0.4, 0.5) is 5.82 Å². The molecule has 0 bridgehead atoms. The molecule has 2 aromatic rings. The molecule has 31 heavy (non-hydrogen) atoms. The monoisotopic (exact) mass is 460 g/mol. The smallest absolute Gasteiger partial charge is 0.233 e. The van der Waals surface area contributed by atoms with Crippen LogP contribution in [0, 0.1) is 5.92 Å². The molecule has 1 aromatic heterocycles. The van der Waals surface area contributed by atoms with Gasteiger partial charge in [-0.05, 0) is 43.6 Å². The van der Waals surface area contributed by atoms with E-state index >= 15 is 0 Å². The second kappa shape index (κ2) is 12.3. The van der Waals surface area contributed by atoms with E-state index in [1.165, 1.54) is 17.3 Å². The first-order valence-corrected chi connectivity index (χ1v) is 12.7. The summed E-state index contributed by atoms with van der Waals surface area (Å²) in [6.45, 7) is 7.84. The number of amides is 1. The SMILES string of the molecule is CCCN(CCC)c1cc(Cl)nc(SCC(=O)N2CCC(Cc3ccccc3)CC2)n1. The molecule has 0 aliphatic carbocycles. The number of piperidine rings is 1. The van der Waals surface area contributed by atoms with Gasteiger partial charge in [0.2, 0.25) is 5.91 Å². The number of hydrogen-bond acceptors (Lipinski definition) is 5. The molecule has 0 N–H and O–H groups in total. The Morgan fingerprint density at radius 2 is 1.81 bits per heavy atom. The van der Waals surface area contributed by atoms with Gasteiger partial charge in [-0.3, -0.25) is 4.79 Å². The summed E-state index contributed by atoms with van der Waals surface area (Å²) in [6, 6.07) is 12.4. The molecule has 1 aromatic carbocycles. The number of aromatic nitrogens is 2. The fraction of sp³-hybridized carbons (Fsp3) is 0.542. The molecule has 1 fully saturated rings. The summed E-state index contributed by atoms with van der Waals surface area (Å²) in [5.74, 6) is 2.01. The first-order valence-electron chi connectivity index (χ1n) is 11.3. The van der Waals surface area contributed by atoms with E-state index in [0.717, 1.165) is 64.1 Å². The number of thioether (sulfide) groups is 1. The predicted octanol–water partition coefficient (Wildman–Crippen LogP) is 5.33. The minimum atomic E-state index is 0.159. The Hall–Kier alpha value is -1.79. The van der Waals surface area contributed by atoms with Crippen LogP contribution in [0.5, 0.6) is 0 Å². The standard InChI is InChI=1S/C24H33ClN4OS/c1-3-12-28(13-4-2)22-17-21(25)26-24(27-22)31-18-23(30)29-14-10-20(11-15-29)16-19-8-6-5-7-9-19/h5-9,17,20H,3-4,10-16,18H2,1-2H3. The van der Waals surface area contributed by atoms with Crippen molar-refractivity contribution in [2.75, 3.05) is 36.8 Å². The molecule has 1 aliphatic rings. The van der Waals surface area contributed by atoms with E-state index in [-0.39, 0.29) is 5.91 Å². The van der Waals surface area contributed by atoms with Crippen molar-refractivity contribution in [3.63, 3.8) is 0 Å². The van der Waals surface area contributed by atoms with Gasteiger partial charge in [-0.1, -0.05) is 67.5 Å². The number of rotatable bonds is 10. The Balaban J connectivity index is 1.50. The number of nitrogens with zero attached hydrogens (tertiary/aromatic N) is 4. The normalized spacial score (nSPS) is 14.6. The molecule has 0 saturated carbocycles. The summed E-state index contributed by atoms with van der Waals surface area (Å²) in [6.07, 6.45) is 5.31. The Bertz CT molecular complexity index is 822. The third kappa shape index (κ3) is 7.39. The van der Waals surface area contributed by atoms with Crippen molar-refractivity contribution in [1.29, 1.82) is 0 Å². The fourth-order valence-corrected chi connectivity index (χ4v) is 5.03. The minimum Gasteiger partial charge on any atom is -0.356 e. The molecule has 0 radical (unpaired) electrons. The van der Waals surface area contributed by atoms with Crippen LogP contribution in [0.15, 0.2) is 41.6 Å². The lowest BCUT2D eigenvalue weighted by Crippen LogP contribution is -2.39. The van der Waals surface area contributed by atoms with Gasteiger partial charge in [-0.25, -0.2) is 9.97 Å². The minimum absolute atomic E-state index is 0.159. The number of carbonyl (C=O) groups excluding carboxylic acids is 1. The van der Waals surface area contributed by atoms with Crippen molar-refractivity contribution in [3.8, 4) is 0 Å². The van der Waals surface area contributed by atoms with Crippen LogP contribution < -0.4 is 4.90 Å². The van der Waals surface area contributed by atoms with Crippen LogP contribution >= 0.6 is 23.4 Å². The van der Waals surface area contributed by atoms with Crippen LogP contribution in [-0.4, -0.2) is 52.7 Å². The van der Waals surface area contributed by atoms with E-state index in [4.69, 9.17) is 11.6 Å². The molecule has 5 nitrogen and oxygen atoms in total. The molecule has 1 saturated heterocycles. The number of likely N-dealkylation sites (tertiary alicyclic amines) is 1. The third-order valence-electron chi connectivity index (χ3n) is 5.63. The van der Waals surface area contributed by atoms with Crippen molar-refractivity contribution >= 4 is 35.1 Å². The lowest BCUT2D eigenvalue weighted by molar-refractivity contribution is -0.129. The largest absolute Gasteiger partial charge is 0.356 e. The second-order valence-corrected chi connectivity index (χ2v) is 9.45. The van der Waals surface area contributed by atoms with Gasteiger partial charge in [0.1, 0.15) is 11.0 Å². The molecular formula is C24H33ClN4OS. The van der Waals surface area contributed by atoms with Gasteiger partial charge in [0, 0.05) is 32.2 Å². The summed E-state index contributed by atoms with van der Waals surface area (Å²) in [4.78, 5) is 26.0. The van der Waals surface area contributed by atoms with Crippen molar-refractivity contribution in [1.82, 2.24) is 14.9 Å². The Morgan fingerprint density at radius 3 is 2.45 bits per heavy atom. The average Bonchev–Trinajstić information content (AvgIpc) is 2.78. The van der Waals surface area contributed by atoms with Crippen molar-refractivity contribution in [2.24, 2.45) is 5.92 Å². The third-order valence-corrected chi connectivity index (χ3v) is 6.66. The van der Waals surface area contributed by atoms with Crippen LogP contribution in [0.3, 0.4) is 0 Å². The van der Waals surface area contributed by atoms with Gasteiger partial charge in [0.25, 0.3) is 0 Å². The van der Waals surface area contributed by atoms with Gasteiger partial charge in [0.05, 0.1) is 5.75 Å². The van der Waals surface area contributed by atoms with Crippen molar-refractivity contribution in [2.45, 2.75) is 51.1 Å². The van der Waals surface area contributed by atoms with Crippen molar-refractivity contribution in [3.05, 3.63) is 47.1 Å². The van der Waals surface area contributed by atoms with Crippen LogP contribution in [0.25, 0.3) is 0 Å². The van der Waals surface area contributed by atoms with E-state index in [1.54, 1.807) is 0 Å². The maximum Gasteiger partial charge on any atom is 0.233 e. The number of carbonyl (C=O) groups is 1. The van der Waals surface area contributed by atoms with Crippen molar-refractivity contribution < 1.29 is 4.79 Å². The molecular weight excluding hydrogens is 428 g/mol. The van der Waals surface area contributed by atoms with E-state index < -0.39 is 0 Å². The summed E-state index contributed by atoms with van der Waals surface area (Å²) in [5, 5.41) is 1.01. The molecule has 0 atom stereocenters. The van der Waals surface area contributed by atoms with Crippen LogP contribution in [0.1, 0.15) is 45.1 Å². The summed E-state index contributed by atoms with van der Waals surface area (Å²) in [5.41, 5.74) is 1.39. The zero-order chi connectivity index (χ0) is 22.1. The summed E-state index contributed by atoms with van der Waals surface area (Å²) < 4.78 is 0. The number of hydrogen-bond donors (Lipinski definition) is 0. The van der Waals surface area contributed by atoms with E-state index in [0.29, 0.717) is 22.0 Å². The molecule has 1 amide bonds. The maximum atomic E-state index is 12.8. The Labute approximate surface area is 195 Å². The average molecular weight is 461 g/mol. The zero-order valence-electron chi connectivity index (χ0n) is 18.6. The fourth-order valence-electron chi connectivity index (χ4n) is 4.04. The molecule has 7 heteroatoms. The Morgan fingerprint density at radius 1 is 1.13 bits per heavy atom. The van der Waals surface area contributed by atoms with Gasteiger partial charge >= 0.3 is 0 Å². The quantitative estimate of drug-likeness (QED) is 0.272. The molecule has 1 aliphatic heterocycles. The lowest BCUT2D eigenvalue weighted by Gasteiger charge is -2.32. The van der Waals surface area contributed by atoms with Crippen LogP contribution in [0.2, 0.25) is 5.15 Å². The van der Waals surface area contributed by atoms with Gasteiger partial charge in [-0.15, -0.1) is 0 Å². The van der Waals surface area contributed by atoms with Gasteiger partial charge in [0.15, 0.2) is 5.16 Å².